The predicted octanol–water partition coefficient (Wildman–Crippen LogP) is 2.73. The third-order valence-electron chi connectivity index (χ3n) is 1.60. The Hall–Kier alpha value is -0.680. The summed E-state index contributed by atoms with van der Waals surface area (Å²) in [4.78, 5) is -0.436. The molecule has 6 heteroatoms. The van der Waals surface area contributed by atoms with Gasteiger partial charge in [-0.1, -0.05) is 11.6 Å². The molecule has 0 aliphatic heterocycles. The van der Waals surface area contributed by atoms with E-state index in [-0.39, 0.29) is 0 Å². The molecule has 0 amide bonds. The van der Waals surface area contributed by atoms with Crippen LogP contribution >= 0.6 is 11.6 Å². The number of benzene rings is 1. The van der Waals surface area contributed by atoms with Crippen molar-refractivity contribution < 1.29 is 17.2 Å². The first-order chi connectivity index (χ1) is 6.25. The first-order valence-electron chi connectivity index (χ1n) is 3.63. The quantitative estimate of drug-likeness (QED) is 0.797. The molecular formula is C8H7ClF2O2S. The molecule has 0 aromatic heterocycles. The third kappa shape index (κ3) is 2.04. The maximum atomic E-state index is 12.7. The predicted molar refractivity (Wildman–Crippen MR) is 49.3 cm³/mol. The van der Waals surface area contributed by atoms with Crippen molar-refractivity contribution in [1.82, 2.24) is 0 Å². The molecule has 0 saturated carbocycles. The van der Waals surface area contributed by atoms with Crippen LogP contribution in [0.15, 0.2) is 29.2 Å². The van der Waals surface area contributed by atoms with E-state index in [4.69, 9.17) is 11.6 Å². The summed E-state index contributed by atoms with van der Waals surface area (Å²) < 4.78 is 47.7. The Morgan fingerprint density at radius 3 is 2.00 bits per heavy atom. The van der Waals surface area contributed by atoms with Gasteiger partial charge in [-0.2, -0.15) is 8.78 Å². The molecule has 0 spiro atoms. The lowest BCUT2D eigenvalue weighted by Crippen LogP contribution is -2.24. The Labute approximate surface area is 85.4 Å². The van der Waals surface area contributed by atoms with Crippen LogP contribution in [0.2, 0.25) is 5.02 Å². The maximum Gasteiger partial charge on any atom is 0.347 e. The maximum absolute atomic E-state index is 12.7. The summed E-state index contributed by atoms with van der Waals surface area (Å²) in [6, 6.07) is 4.60. The third-order valence-corrected chi connectivity index (χ3v) is 3.68. The van der Waals surface area contributed by atoms with Crippen LogP contribution in [0.5, 0.6) is 0 Å². The van der Waals surface area contributed by atoms with Crippen LogP contribution < -0.4 is 0 Å². The van der Waals surface area contributed by atoms with Gasteiger partial charge in [0, 0.05) is 11.9 Å². The average molecular weight is 241 g/mol. The van der Waals surface area contributed by atoms with E-state index in [0.29, 0.717) is 11.9 Å². The van der Waals surface area contributed by atoms with Gasteiger partial charge in [0.2, 0.25) is 9.84 Å². The number of hydrogen-bond donors (Lipinski definition) is 0. The summed E-state index contributed by atoms with van der Waals surface area (Å²) in [5.74, 6) is 0. The van der Waals surface area contributed by atoms with E-state index < -0.39 is 20.0 Å². The topological polar surface area (TPSA) is 34.1 Å². The van der Waals surface area contributed by atoms with Crippen LogP contribution in [0.25, 0.3) is 0 Å². The average Bonchev–Trinajstić information content (AvgIpc) is 2.03. The van der Waals surface area contributed by atoms with Crippen molar-refractivity contribution in [3.8, 4) is 0 Å². The van der Waals surface area contributed by atoms with Gasteiger partial charge in [-0.25, -0.2) is 8.42 Å². The van der Waals surface area contributed by atoms with Crippen LogP contribution in [-0.2, 0) is 9.84 Å². The summed E-state index contributed by atoms with van der Waals surface area (Å²) in [6.45, 7) is 0.344. The van der Waals surface area contributed by atoms with Crippen LogP contribution in [0, 0.1) is 0 Å². The van der Waals surface area contributed by atoms with Crippen molar-refractivity contribution in [1.29, 1.82) is 0 Å². The van der Waals surface area contributed by atoms with Crippen molar-refractivity contribution in [3.63, 3.8) is 0 Å². The number of halogens is 3. The summed E-state index contributed by atoms with van der Waals surface area (Å²) in [5.41, 5.74) is 0. The fourth-order valence-electron chi connectivity index (χ4n) is 0.821. The Balaban J connectivity index is 3.25. The van der Waals surface area contributed by atoms with E-state index >= 15 is 0 Å². The molecule has 14 heavy (non-hydrogen) atoms. The summed E-state index contributed by atoms with van der Waals surface area (Å²) in [7, 11) is -4.59. The second-order valence-corrected chi connectivity index (χ2v) is 5.40. The number of alkyl halides is 2. The Morgan fingerprint density at radius 1 is 1.21 bits per heavy atom. The van der Waals surface area contributed by atoms with Gasteiger partial charge in [0.1, 0.15) is 0 Å². The minimum absolute atomic E-state index is 0.295. The van der Waals surface area contributed by atoms with Gasteiger partial charge in [-0.15, -0.1) is 0 Å². The van der Waals surface area contributed by atoms with Crippen molar-refractivity contribution in [2.45, 2.75) is 17.1 Å². The first-order valence-corrected chi connectivity index (χ1v) is 5.49. The molecule has 0 N–H and O–H groups in total. The lowest BCUT2D eigenvalue weighted by molar-refractivity contribution is 0.114. The first kappa shape index (κ1) is 11.4. The molecule has 0 aliphatic carbocycles. The fraction of sp³-hybridized carbons (Fsp3) is 0.250. The molecule has 0 fully saturated rings. The molecule has 0 heterocycles. The van der Waals surface area contributed by atoms with Crippen molar-refractivity contribution in [2.24, 2.45) is 0 Å². The number of hydrogen-bond acceptors (Lipinski definition) is 2. The van der Waals surface area contributed by atoms with Gasteiger partial charge in [-0.05, 0) is 24.3 Å². The summed E-state index contributed by atoms with van der Waals surface area (Å²) in [5, 5.41) is -3.48. The molecule has 0 atom stereocenters. The molecule has 1 aromatic carbocycles. The van der Waals surface area contributed by atoms with E-state index in [1.165, 1.54) is 12.1 Å². The highest BCUT2D eigenvalue weighted by Gasteiger charge is 2.40. The molecular weight excluding hydrogens is 234 g/mol. The minimum Gasteiger partial charge on any atom is -0.217 e. The molecule has 1 rings (SSSR count). The zero-order valence-corrected chi connectivity index (χ0v) is 8.74. The lowest BCUT2D eigenvalue weighted by atomic mass is 10.4. The lowest BCUT2D eigenvalue weighted by Gasteiger charge is -2.11. The molecule has 0 saturated heterocycles. The van der Waals surface area contributed by atoms with Crippen LogP contribution in [0.4, 0.5) is 8.78 Å². The van der Waals surface area contributed by atoms with Gasteiger partial charge in [-0.3, -0.25) is 0 Å². The van der Waals surface area contributed by atoms with E-state index in [9.17, 15) is 17.2 Å². The van der Waals surface area contributed by atoms with Crippen LogP contribution in [0.3, 0.4) is 0 Å². The van der Waals surface area contributed by atoms with Gasteiger partial charge >= 0.3 is 5.25 Å². The van der Waals surface area contributed by atoms with Gasteiger partial charge in [0.15, 0.2) is 0 Å². The minimum atomic E-state index is -4.59. The van der Waals surface area contributed by atoms with Crippen LogP contribution in [0.1, 0.15) is 6.92 Å². The Kier molecular flexibility index (Phi) is 2.83. The van der Waals surface area contributed by atoms with Crippen molar-refractivity contribution in [3.05, 3.63) is 29.3 Å². The van der Waals surface area contributed by atoms with Crippen molar-refractivity contribution >= 4 is 21.4 Å². The Bertz CT molecular complexity index is 420. The summed E-state index contributed by atoms with van der Waals surface area (Å²) in [6.07, 6.45) is 0. The second-order valence-electron chi connectivity index (χ2n) is 2.77. The summed E-state index contributed by atoms with van der Waals surface area (Å²) >= 11 is 5.49. The SMILES string of the molecule is CC(F)(F)S(=O)(=O)c1ccc(Cl)cc1. The second kappa shape index (κ2) is 3.47. The highest BCUT2D eigenvalue weighted by molar-refractivity contribution is 7.92. The van der Waals surface area contributed by atoms with Gasteiger partial charge in [0.05, 0.1) is 4.90 Å². The standard InChI is InChI=1S/C8H7ClF2O2S/c1-8(10,11)14(12,13)7-4-2-6(9)3-5-7/h2-5H,1H3. The zero-order valence-electron chi connectivity index (χ0n) is 7.17. The Morgan fingerprint density at radius 2 is 1.64 bits per heavy atom. The molecule has 0 unspecified atom stereocenters. The monoisotopic (exact) mass is 240 g/mol. The highest BCUT2D eigenvalue weighted by atomic mass is 35.5. The van der Waals surface area contributed by atoms with E-state index in [1.54, 1.807) is 0 Å². The highest BCUT2D eigenvalue weighted by Crippen LogP contribution is 2.28. The molecule has 0 radical (unpaired) electrons. The van der Waals surface area contributed by atoms with Crippen molar-refractivity contribution in [2.75, 3.05) is 0 Å². The zero-order chi connectivity index (χ0) is 11.0. The van der Waals surface area contributed by atoms with Crippen LogP contribution in [-0.4, -0.2) is 13.7 Å². The smallest absolute Gasteiger partial charge is 0.217 e. The van der Waals surface area contributed by atoms with E-state index in [0.717, 1.165) is 12.1 Å². The number of sulfone groups is 1. The van der Waals surface area contributed by atoms with E-state index in [1.807, 2.05) is 0 Å². The van der Waals surface area contributed by atoms with Gasteiger partial charge < -0.3 is 0 Å². The molecule has 2 nitrogen and oxygen atoms in total. The normalized spacial score (nSPS) is 12.9. The molecule has 1 aromatic rings. The largest absolute Gasteiger partial charge is 0.347 e. The van der Waals surface area contributed by atoms with E-state index in [2.05, 4.69) is 0 Å². The fourth-order valence-corrected chi connectivity index (χ4v) is 1.85. The van der Waals surface area contributed by atoms with Gasteiger partial charge in [0.25, 0.3) is 0 Å². The number of rotatable bonds is 2. The molecule has 78 valence electrons. The molecule has 0 bridgehead atoms. The molecule has 0 aliphatic rings.